The predicted molar refractivity (Wildman–Crippen MR) is 86.2 cm³/mol. The van der Waals surface area contributed by atoms with Gasteiger partial charge < -0.3 is 19.1 Å². The van der Waals surface area contributed by atoms with Crippen molar-refractivity contribution in [2.45, 2.75) is 11.8 Å². The van der Waals surface area contributed by atoms with Gasteiger partial charge >= 0.3 is 6.09 Å². The first-order valence-corrected chi connectivity index (χ1v) is 9.09. The number of nitrogens with one attached hydrogen (secondary N) is 1. The minimum absolute atomic E-state index is 0.0426. The fourth-order valence-electron chi connectivity index (χ4n) is 2.48. The first-order valence-electron chi connectivity index (χ1n) is 7.61. The largest absolute Gasteiger partial charge is 0.450 e. The number of hydrogen-bond acceptors (Lipinski definition) is 5. The highest BCUT2D eigenvalue weighted by molar-refractivity contribution is 7.89. The Hall–Kier alpha value is -2.07. The van der Waals surface area contributed by atoms with Crippen LogP contribution in [0.25, 0.3) is 0 Å². The summed E-state index contributed by atoms with van der Waals surface area (Å²) in [6.07, 6.45) is 1.01. The van der Waals surface area contributed by atoms with E-state index in [4.69, 9.17) is 4.74 Å². The molecule has 1 saturated heterocycles. The molecule has 1 aliphatic heterocycles. The first kappa shape index (κ1) is 18.3. The zero-order chi connectivity index (χ0) is 17.9. The molecule has 0 bridgehead atoms. The van der Waals surface area contributed by atoms with E-state index in [9.17, 15) is 18.0 Å². The van der Waals surface area contributed by atoms with Gasteiger partial charge in [-0.2, -0.15) is 0 Å². The Labute approximate surface area is 141 Å². The Morgan fingerprint density at radius 2 is 1.79 bits per heavy atom. The number of carbonyl (C=O) groups excluding carboxylic acids is 2. The number of aromatic nitrogens is 1. The van der Waals surface area contributed by atoms with Crippen molar-refractivity contribution in [1.82, 2.24) is 19.1 Å². The van der Waals surface area contributed by atoms with Gasteiger partial charge in [0.05, 0.1) is 6.61 Å². The highest BCUT2D eigenvalue weighted by Gasteiger charge is 2.28. The molecule has 0 saturated carbocycles. The lowest BCUT2D eigenvalue weighted by Gasteiger charge is -2.34. The molecule has 24 heavy (non-hydrogen) atoms. The minimum atomic E-state index is -3.60. The number of amides is 2. The third-order valence-electron chi connectivity index (χ3n) is 3.87. The summed E-state index contributed by atoms with van der Waals surface area (Å²) >= 11 is 0. The average molecular weight is 358 g/mol. The van der Waals surface area contributed by atoms with E-state index in [1.165, 1.54) is 23.9 Å². The normalized spacial score (nSPS) is 15.5. The van der Waals surface area contributed by atoms with Crippen molar-refractivity contribution in [1.29, 1.82) is 0 Å². The number of rotatable bonds is 4. The number of carbonyl (C=O) groups is 2. The molecule has 9 nitrogen and oxygen atoms in total. The predicted octanol–water partition coefficient (Wildman–Crippen LogP) is -0.152. The molecule has 1 fully saturated rings. The zero-order valence-corrected chi connectivity index (χ0v) is 14.8. The highest BCUT2D eigenvalue weighted by atomic mass is 32.2. The van der Waals surface area contributed by atoms with Crippen LogP contribution in [0.1, 0.15) is 17.4 Å². The van der Waals surface area contributed by atoms with Crippen molar-refractivity contribution >= 4 is 22.0 Å². The molecule has 0 spiro atoms. The molecule has 1 aromatic rings. The fraction of sp³-hybridized carbons (Fsp3) is 0.571. The van der Waals surface area contributed by atoms with Crippen LogP contribution in [0, 0.1) is 0 Å². The van der Waals surface area contributed by atoms with Gasteiger partial charge in [0.1, 0.15) is 10.6 Å². The second-order valence-corrected chi connectivity index (χ2v) is 7.24. The van der Waals surface area contributed by atoms with Crippen LogP contribution in [0.15, 0.2) is 17.2 Å². The molecular weight excluding hydrogens is 336 g/mol. The molecule has 0 atom stereocenters. The molecule has 1 aromatic heterocycles. The lowest BCUT2D eigenvalue weighted by molar-refractivity contribution is 0.0563. The Morgan fingerprint density at radius 1 is 1.21 bits per heavy atom. The van der Waals surface area contributed by atoms with Gasteiger partial charge in [-0.3, -0.25) is 4.79 Å². The molecule has 0 aromatic carbocycles. The van der Waals surface area contributed by atoms with Crippen molar-refractivity contribution in [3.63, 3.8) is 0 Å². The van der Waals surface area contributed by atoms with Crippen molar-refractivity contribution in [3.8, 4) is 0 Å². The quantitative estimate of drug-likeness (QED) is 0.806. The van der Waals surface area contributed by atoms with E-state index in [1.807, 2.05) is 0 Å². The van der Waals surface area contributed by atoms with Crippen molar-refractivity contribution < 1.29 is 22.7 Å². The van der Waals surface area contributed by atoms with Gasteiger partial charge in [-0.25, -0.2) is 17.9 Å². The summed E-state index contributed by atoms with van der Waals surface area (Å²) in [5, 5.41) is 0. The van der Waals surface area contributed by atoms with E-state index in [0.29, 0.717) is 32.8 Å². The van der Waals surface area contributed by atoms with Crippen LogP contribution in [-0.2, 0) is 21.8 Å². The van der Waals surface area contributed by atoms with Crippen LogP contribution < -0.4 is 4.72 Å². The van der Waals surface area contributed by atoms with Crippen molar-refractivity contribution in [2.75, 3.05) is 39.8 Å². The fourth-order valence-corrected chi connectivity index (χ4v) is 3.28. The number of aryl methyl sites for hydroxylation is 1. The van der Waals surface area contributed by atoms with E-state index in [-0.39, 0.29) is 22.6 Å². The van der Waals surface area contributed by atoms with Crippen LogP contribution in [0.4, 0.5) is 4.79 Å². The third-order valence-corrected chi connectivity index (χ3v) is 5.25. The average Bonchev–Trinajstić information content (AvgIpc) is 2.97. The van der Waals surface area contributed by atoms with Gasteiger partial charge in [0.15, 0.2) is 0 Å². The molecule has 2 heterocycles. The van der Waals surface area contributed by atoms with Crippen molar-refractivity contribution in [3.05, 3.63) is 18.0 Å². The molecule has 2 amide bonds. The van der Waals surface area contributed by atoms with Gasteiger partial charge in [0.25, 0.3) is 5.91 Å². The molecule has 2 rings (SSSR count). The van der Waals surface area contributed by atoms with E-state index < -0.39 is 10.0 Å². The molecule has 1 N–H and O–H groups in total. The molecule has 10 heteroatoms. The number of piperazine rings is 1. The maximum absolute atomic E-state index is 12.6. The van der Waals surface area contributed by atoms with E-state index >= 15 is 0 Å². The van der Waals surface area contributed by atoms with Gasteiger partial charge in [-0.1, -0.05) is 0 Å². The lowest BCUT2D eigenvalue weighted by Crippen LogP contribution is -2.51. The van der Waals surface area contributed by atoms with Gasteiger partial charge in [-0.15, -0.1) is 0 Å². The lowest BCUT2D eigenvalue weighted by atomic mass is 10.3. The molecule has 1 aliphatic rings. The molecule has 134 valence electrons. The summed E-state index contributed by atoms with van der Waals surface area (Å²) in [6.45, 7) is 3.56. The van der Waals surface area contributed by atoms with E-state index in [2.05, 4.69) is 4.72 Å². The Kier molecular flexibility index (Phi) is 5.50. The Balaban J connectivity index is 2.07. The Bertz CT molecular complexity index is 720. The smallest absolute Gasteiger partial charge is 0.409 e. The second kappa shape index (κ2) is 7.22. The maximum Gasteiger partial charge on any atom is 0.409 e. The first-order chi connectivity index (χ1) is 11.3. The third kappa shape index (κ3) is 3.70. The summed E-state index contributed by atoms with van der Waals surface area (Å²) in [7, 11) is -0.662. The molecular formula is C14H22N4O5S. The number of ether oxygens (including phenoxy) is 1. The number of hydrogen-bond donors (Lipinski definition) is 1. The minimum Gasteiger partial charge on any atom is -0.450 e. The summed E-state index contributed by atoms with van der Waals surface area (Å²) in [5.41, 5.74) is 0.286. The van der Waals surface area contributed by atoms with Crippen LogP contribution >= 0.6 is 0 Å². The van der Waals surface area contributed by atoms with Crippen LogP contribution in [0.5, 0.6) is 0 Å². The SMILES string of the molecule is CCOC(=O)N1CCN(C(=O)c2cc(S(=O)(=O)NC)cn2C)CC1. The number of sulfonamides is 1. The standard InChI is InChI=1S/C14H22N4O5S/c1-4-23-14(20)18-7-5-17(6-8-18)13(19)12-9-11(10-16(12)3)24(21,22)15-2/h9-10,15H,4-8H2,1-3H3. The molecule has 0 radical (unpaired) electrons. The van der Waals surface area contributed by atoms with E-state index in [0.717, 1.165) is 0 Å². The zero-order valence-electron chi connectivity index (χ0n) is 14.0. The van der Waals surface area contributed by atoms with Crippen LogP contribution in [-0.4, -0.2) is 74.6 Å². The second-order valence-electron chi connectivity index (χ2n) is 5.36. The Morgan fingerprint density at radius 3 is 2.33 bits per heavy atom. The van der Waals surface area contributed by atoms with Gasteiger partial charge in [0, 0.05) is 39.4 Å². The highest BCUT2D eigenvalue weighted by Crippen LogP contribution is 2.16. The maximum atomic E-state index is 12.6. The molecule has 0 unspecified atom stereocenters. The molecule has 0 aliphatic carbocycles. The van der Waals surface area contributed by atoms with Crippen LogP contribution in [0.3, 0.4) is 0 Å². The summed E-state index contributed by atoms with van der Waals surface area (Å²) in [5.74, 6) is -0.265. The topological polar surface area (TPSA) is 101 Å². The van der Waals surface area contributed by atoms with E-state index in [1.54, 1.807) is 23.8 Å². The van der Waals surface area contributed by atoms with Crippen molar-refractivity contribution in [2.24, 2.45) is 7.05 Å². The number of nitrogens with zero attached hydrogens (tertiary/aromatic N) is 3. The van der Waals surface area contributed by atoms with Gasteiger partial charge in [0.2, 0.25) is 10.0 Å². The monoisotopic (exact) mass is 358 g/mol. The van der Waals surface area contributed by atoms with Gasteiger partial charge in [-0.05, 0) is 20.0 Å². The van der Waals surface area contributed by atoms with Crippen LogP contribution in [0.2, 0.25) is 0 Å². The summed E-state index contributed by atoms with van der Waals surface area (Å²) in [4.78, 5) is 27.5. The summed E-state index contributed by atoms with van der Waals surface area (Å²) < 4.78 is 32.3. The summed E-state index contributed by atoms with van der Waals surface area (Å²) in [6, 6.07) is 1.35.